The Balaban J connectivity index is 2.82. The predicted octanol–water partition coefficient (Wildman–Crippen LogP) is 1.94. The van der Waals surface area contributed by atoms with Crippen molar-refractivity contribution in [1.82, 2.24) is 0 Å². The van der Waals surface area contributed by atoms with Crippen LogP contribution in [-0.2, 0) is 19.1 Å². The van der Waals surface area contributed by atoms with Crippen LogP contribution in [0.25, 0.3) is 0 Å². The zero-order valence-corrected chi connectivity index (χ0v) is 10.9. The van der Waals surface area contributed by atoms with E-state index in [0.29, 0.717) is 13.2 Å². The number of carbonyl (C=O) groups excluding carboxylic acids is 2. The van der Waals surface area contributed by atoms with Gasteiger partial charge in [0, 0.05) is 0 Å². The van der Waals surface area contributed by atoms with E-state index in [4.69, 9.17) is 9.47 Å². The van der Waals surface area contributed by atoms with Crippen molar-refractivity contribution < 1.29 is 19.1 Å². The van der Waals surface area contributed by atoms with Crippen molar-refractivity contribution in [2.75, 3.05) is 13.2 Å². The van der Waals surface area contributed by atoms with E-state index < -0.39 is 5.92 Å². The Labute approximate surface area is 102 Å². The summed E-state index contributed by atoms with van der Waals surface area (Å²) in [5, 5.41) is 0. The Hall–Kier alpha value is -1.32. The molecule has 96 valence electrons. The zero-order chi connectivity index (χ0) is 13.0. The van der Waals surface area contributed by atoms with E-state index in [2.05, 4.69) is 0 Å². The molecule has 0 aliphatic heterocycles. The van der Waals surface area contributed by atoms with Crippen LogP contribution >= 0.6 is 0 Å². The Morgan fingerprint density at radius 3 is 2.18 bits per heavy atom. The van der Waals surface area contributed by atoms with Crippen LogP contribution in [0.5, 0.6) is 0 Å². The number of hydrogen-bond donors (Lipinski definition) is 0. The van der Waals surface area contributed by atoms with Crippen LogP contribution in [0.2, 0.25) is 0 Å². The predicted molar refractivity (Wildman–Crippen MR) is 63.2 cm³/mol. The largest absolute Gasteiger partial charge is 0.466 e. The Kier molecular flexibility index (Phi) is 4.73. The molecule has 0 bridgehead atoms. The van der Waals surface area contributed by atoms with Gasteiger partial charge in [0.25, 0.3) is 0 Å². The van der Waals surface area contributed by atoms with Gasteiger partial charge in [-0.2, -0.15) is 0 Å². The first kappa shape index (κ1) is 13.7. The molecule has 4 heteroatoms. The SMILES string of the molecule is C/C=C1/[C@H](C)[C@H](C(=O)OCC)[C@H]1C(=O)OCC. The maximum Gasteiger partial charge on any atom is 0.313 e. The van der Waals surface area contributed by atoms with Gasteiger partial charge in [-0.05, 0) is 26.7 Å². The number of ether oxygens (including phenoxy) is 2. The zero-order valence-electron chi connectivity index (χ0n) is 10.9. The topological polar surface area (TPSA) is 52.6 Å². The highest BCUT2D eigenvalue weighted by Crippen LogP contribution is 2.46. The molecule has 1 aliphatic rings. The second kappa shape index (κ2) is 5.84. The van der Waals surface area contributed by atoms with Gasteiger partial charge in [-0.25, -0.2) is 0 Å². The highest BCUT2D eigenvalue weighted by Gasteiger charge is 2.52. The van der Waals surface area contributed by atoms with Crippen LogP contribution in [-0.4, -0.2) is 25.2 Å². The van der Waals surface area contributed by atoms with Gasteiger partial charge in [-0.1, -0.05) is 18.6 Å². The third-order valence-corrected chi connectivity index (χ3v) is 3.22. The molecule has 1 rings (SSSR count). The molecule has 0 N–H and O–H groups in total. The molecule has 1 aliphatic carbocycles. The van der Waals surface area contributed by atoms with Crippen LogP contribution in [0.4, 0.5) is 0 Å². The van der Waals surface area contributed by atoms with Crippen molar-refractivity contribution in [3.8, 4) is 0 Å². The number of hydrogen-bond acceptors (Lipinski definition) is 4. The quantitative estimate of drug-likeness (QED) is 0.556. The van der Waals surface area contributed by atoms with E-state index >= 15 is 0 Å². The van der Waals surface area contributed by atoms with Gasteiger partial charge in [0.15, 0.2) is 0 Å². The van der Waals surface area contributed by atoms with Crippen LogP contribution in [0, 0.1) is 17.8 Å². The van der Waals surface area contributed by atoms with Crippen molar-refractivity contribution in [2.45, 2.75) is 27.7 Å². The van der Waals surface area contributed by atoms with E-state index in [0.717, 1.165) is 5.57 Å². The average Bonchev–Trinajstić information content (AvgIpc) is 2.26. The molecule has 0 saturated heterocycles. The van der Waals surface area contributed by atoms with Crippen molar-refractivity contribution in [2.24, 2.45) is 17.8 Å². The Bertz CT molecular complexity index is 332. The van der Waals surface area contributed by atoms with Crippen molar-refractivity contribution in [1.29, 1.82) is 0 Å². The van der Waals surface area contributed by atoms with Gasteiger partial charge < -0.3 is 9.47 Å². The van der Waals surface area contributed by atoms with E-state index in [1.807, 2.05) is 19.9 Å². The molecular formula is C13H20O4. The van der Waals surface area contributed by atoms with Crippen molar-refractivity contribution in [3.05, 3.63) is 11.6 Å². The minimum atomic E-state index is -0.450. The van der Waals surface area contributed by atoms with Crippen molar-refractivity contribution >= 4 is 11.9 Å². The fourth-order valence-corrected chi connectivity index (χ4v) is 2.40. The third-order valence-electron chi connectivity index (χ3n) is 3.22. The molecule has 0 spiro atoms. The summed E-state index contributed by atoms with van der Waals surface area (Å²) < 4.78 is 9.99. The van der Waals surface area contributed by atoms with Gasteiger partial charge in [-0.3, -0.25) is 9.59 Å². The summed E-state index contributed by atoms with van der Waals surface area (Å²) in [7, 11) is 0. The molecule has 1 fully saturated rings. The summed E-state index contributed by atoms with van der Waals surface area (Å²) in [6, 6.07) is 0. The number of esters is 2. The molecule has 0 aromatic carbocycles. The summed E-state index contributed by atoms with van der Waals surface area (Å²) in [6.45, 7) is 8.00. The maximum atomic E-state index is 11.8. The lowest BCUT2D eigenvalue weighted by Gasteiger charge is -2.42. The maximum absolute atomic E-state index is 11.8. The Morgan fingerprint density at radius 2 is 1.71 bits per heavy atom. The molecule has 0 radical (unpaired) electrons. The van der Waals surface area contributed by atoms with Gasteiger partial charge in [0.1, 0.15) is 0 Å². The highest BCUT2D eigenvalue weighted by molar-refractivity contribution is 5.88. The molecule has 3 atom stereocenters. The van der Waals surface area contributed by atoms with Gasteiger partial charge in [-0.15, -0.1) is 0 Å². The monoisotopic (exact) mass is 240 g/mol. The van der Waals surface area contributed by atoms with Crippen LogP contribution in [0.3, 0.4) is 0 Å². The molecule has 0 heterocycles. The van der Waals surface area contributed by atoms with Crippen LogP contribution < -0.4 is 0 Å². The smallest absolute Gasteiger partial charge is 0.313 e. The average molecular weight is 240 g/mol. The molecule has 0 amide bonds. The van der Waals surface area contributed by atoms with E-state index in [1.54, 1.807) is 13.8 Å². The lowest BCUT2D eigenvalue weighted by molar-refractivity contribution is -0.165. The number of allylic oxidation sites excluding steroid dienone is 1. The van der Waals surface area contributed by atoms with Crippen LogP contribution in [0.15, 0.2) is 11.6 Å². The van der Waals surface area contributed by atoms with E-state index in [-0.39, 0.29) is 23.8 Å². The molecule has 0 aromatic heterocycles. The Morgan fingerprint density at radius 1 is 1.18 bits per heavy atom. The first-order valence-electron chi connectivity index (χ1n) is 6.07. The second-order valence-electron chi connectivity index (χ2n) is 4.08. The normalized spacial score (nSPS) is 29.6. The van der Waals surface area contributed by atoms with Gasteiger partial charge >= 0.3 is 11.9 Å². The summed E-state index contributed by atoms with van der Waals surface area (Å²) in [5.74, 6) is -1.40. The second-order valence-corrected chi connectivity index (χ2v) is 4.08. The number of carbonyl (C=O) groups is 2. The molecule has 0 unspecified atom stereocenters. The summed E-state index contributed by atoms with van der Waals surface area (Å²) in [6.07, 6.45) is 1.89. The van der Waals surface area contributed by atoms with Crippen molar-refractivity contribution in [3.63, 3.8) is 0 Å². The first-order valence-corrected chi connectivity index (χ1v) is 6.07. The summed E-state index contributed by atoms with van der Waals surface area (Å²) >= 11 is 0. The molecule has 1 saturated carbocycles. The standard InChI is InChI=1S/C13H20O4/c1-5-9-8(4)10(12(14)16-6-2)11(9)13(15)17-7-3/h5,8,10-11H,6-7H2,1-4H3/b9-5-/t8-,10-,11-/m0/s1. The fourth-order valence-electron chi connectivity index (χ4n) is 2.40. The van der Waals surface area contributed by atoms with Crippen LogP contribution in [0.1, 0.15) is 27.7 Å². The number of rotatable bonds is 4. The molecule has 4 nitrogen and oxygen atoms in total. The minimum absolute atomic E-state index is 0.0634. The molecule has 17 heavy (non-hydrogen) atoms. The van der Waals surface area contributed by atoms with Gasteiger partial charge in [0.05, 0.1) is 25.0 Å². The minimum Gasteiger partial charge on any atom is -0.466 e. The highest BCUT2D eigenvalue weighted by atomic mass is 16.5. The lowest BCUT2D eigenvalue weighted by atomic mass is 9.61. The summed E-state index contributed by atoms with van der Waals surface area (Å²) in [4.78, 5) is 23.5. The summed E-state index contributed by atoms with van der Waals surface area (Å²) in [5.41, 5.74) is 0.974. The first-order chi connectivity index (χ1) is 8.08. The molecule has 0 aromatic rings. The fraction of sp³-hybridized carbons (Fsp3) is 0.692. The third kappa shape index (κ3) is 2.51. The molecular weight excluding hydrogens is 220 g/mol. The van der Waals surface area contributed by atoms with E-state index in [9.17, 15) is 9.59 Å². The van der Waals surface area contributed by atoms with Gasteiger partial charge in [0.2, 0.25) is 0 Å². The lowest BCUT2D eigenvalue weighted by Crippen LogP contribution is -2.48. The van der Waals surface area contributed by atoms with E-state index in [1.165, 1.54) is 0 Å².